The first-order chi connectivity index (χ1) is 7.38. The van der Waals surface area contributed by atoms with Gasteiger partial charge in [-0.25, -0.2) is 4.98 Å². The molecule has 74 valence electrons. The third-order valence-electron chi connectivity index (χ3n) is 1.81. The highest BCUT2D eigenvalue weighted by molar-refractivity contribution is 7.98. The number of thioether (sulfide) groups is 1. The van der Waals surface area contributed by atoms with E-state index < -0.39 is 0 Å². The Morgan fingerprint density at radius 2 is 2.40 bits per heavy atom. The maximum absolute atomic E-state index is 8.71. The Hall–Kier alpha value is -1.73. The van der Waals surface area contributed by atoms with Crippen LogP contribution in [0.15, 0.2) is 46.2 Å². The summed E-state index contributed by atoms with van der Waals surface area (Å²) in [5.74, 6) is 1.64. The molecule has 0 aromatic carbocycles. The summed E-state index contributed by atoms with van der Waals surface area (Å²) < 4.78 is 5.20. The molecular formula is C11H8N2OS. The number of nitrogens with zero attached hydrogens (tertiary/aromatic N) is 2. The Morgan fingerprint density at radius 3 is 3.13 bits per heavy atom. The molecular weight excluding hydrogens is 208 g/mol. The van der Waals surface area contributed by atoms with Gasteiger partial charge in [-0.05, 0) is 24.3 Å². The van der Waals surface area contributed by atoms with Crippen molar-refractivity contribution in [2.75, 3.05) is 0 Å². The molecule has 15 heavy (non-hydrogen) atoms. The summed E-state index contributed by atoms with van der Waals surface area (Å²) in [4.78, 5) is 4.16. The second-order valence-electron chi connectivity index (χ2n) is 2.86. The number of aromatic nitrogens is 1. The Bertz CT molecular complexity index is 474. The normalized spacial score (nSPS) is 9.80. The molecule has 0 fully saturated rings. The quantitative estimate of drug-likeness (QED) is 0.740. The van der Waals surface area contributed by atoms with Gasteiger partial charge in [0.15, 0.2) is 0 Å². The van der Waals surface area contributed by atoms with E-state index in [2.05, 4.69) is 11.1 Å². The van der Waals surface area contributed by atoms with Gasteiger partial charge in [0, 0.05) is 6.20 Å². The predicted molar refractivity (Wildman–Crippen MR) is 57.2 cm³/mol. The Labute approximate surface area is 91.7 Å². The van der Waals surface area contributed by atoms with Crippen LogP contribution >= 0.6 is 11.8 Å². The van der Waals surface area contributed by atoms with Gasteiger partial charge in [0.25, 0.3) is 0 Å². The van der Waals surface area contributed by atoms with Gasteiger partial charge in [0.1, 0.15) is 5.76 Å². The van der Waals surface area contributed by atoms with Crippen LogP contribution in [-0.2, 0) is 5.75 Å². The molecule has 0 saturated heterocycles. The fraction of sp³-hybridized carbons (Fsp3) is 0.0909. The maximum Gasteiger partial charge on any atom is 0.114 e. The molecule has 0 amide bonds. The topological polar surface area (TPSA) is 49.8 Å². The van der Waals surface area contributed by atoms with Crippen LogP contribution in [0, 0.1) is 11.3 Å². The molecule has 2 heterocycles. The lowest BCUT2D eigenvalue weighted by Gasteiger charge is -1.98. The van der Waals surface area contributed by atoms with Gasteiger partial charge >= 0.3 is 0 Å². The lowest BCUT2D eigenvalue weighted by molar-refractivity contribution is 0.530. The lowest BCUT2D eigenvalue weighted by atomic mass is 10.3. The van der Waals surface area contributed by atoms with Gasteiger partial charge in [0.2, 0.25) is 0 Å². The summed E-state index contributed by atoms with van der Waals surface area (Å²) in [7, 11) is 0. The minimum Gasteiger partial charge on any atom is -0.468 e. The van der Waals surface area contributed by atoms with Crippen molar-refractivity contribution < 1.29 is 4.42 Å². The van der Waals surface area contributed by atoms with Gasteiger partial charge in [-0.2, -0.15) is 5.26 Å². The average molecular weight is 216 g/mol. The highest BCUT2D eigenvalue weighted by atomic mass is 32.2. The molecule has 0 N–H and O–H groups in total. The smallest absolute Gasteiger partial charge is 0.114 e. The fourth-order valence-corrected chi connectivity index (χ4v) is 1.90. The van der Waals surface area contributed by atoms with E-state index in [9.17, 15) is 0 Å². The molecule has 2 rings (SSSR count). The summed E-state index contributed by atoms with van der Waals surface area (Å²) >= 11 is 1.55. The summed E-state index contributed by atoms with van der Waals surface area (Å²) in [5, 5.41) is 9.55. The van der Waals surface area contributed by atoms with Crippen molar-refractivity contribution in [1.82, 2.24) is 4.98 Å². The van der Waals surface area contributed by atoms with Crippen LogP contribution in [0.2, 0.25) is 0 Å². The summed E-state index contributed by atoms with van der Waals surface area (Å²) in [6.45, 7) is 0. The van der Waals surface area contributed by atoms with E-state index in [4.69, 9.17) is 9.68 Å². The molecule has 0 radical (unpaired) electrons. The van der Waals surface area contributed by atoms with Crippen molar-refractivity contribution in [3.05, 3.63) is 48.0 Å². The monoisotopic (exact) mass is 216 g/mol. The molecule has 0 aliphatic heterocycles. The van der Waals surface area contributed by atoms with E-state index in [1.54, 1.807) is 36.4 Å². The number of pyridine rings is 1. The molecule has 0 bridgehead atoms. The van der Waals surface area contributed by atoms with E-state index in [1.165, 1.54) is 0 Å². The minimum atomic E-state index is 0.631. The molecule has 2 aromatic heterocycles. The Kier molecular flexibility index (Phi) is 3.05. The molecule has 0 saturated carbocycles. The second kappa shape index (κ2) is 4.67. The zero-order chi connectivity index (χ0) is 10.5. The SMILES string of the molecule is N#Cc1ccnc(SCc2ccco2)c1. The molecule has 0 aliphatic rings. The van der Waals surface area contributed by atoms with Crippen LogP contribution in [0.25, 0.3) is 0 Å². The lowest BCUT2D eigenvalue weighted by Crippen LogP contribution is -1.82. The average Bonchev–Trinajstić information content (AvgIpc) is 2.79. The summed E-state index contributed by atoms with van der Waals surface area (Å²) in [6.07, 6.45) is 3.29. The van der Waals surface area contributed by atoms with Crippen molar-refractivity contribution in [2.45, 2.75) is 10.8 Å². The predicted octanol–water partition coefficient (Wildman–Crippen LogP) is 2.84. The maximum atomic E-state index is 8.71. The highest BCUT2D eigenvalue weighted by Gasteiger charge is 2.00. The Balaban J connectivity index is 2.02. The first-order valence-electron chi connectivity index (χ1n) is 4.40. The molecule has 0 unspecified atom stereocenters. The third-order valence-corrected chi connectivity index (χ3v) is 2.75. The highest BCUT2D eigenvalue weighted by Crippen LogP contribution is 2.21. The Morgan fingerprint density at radius 1 is 1.47 bits per heavy atom. The number of furan rings is 1. The van der Waals surface area contributed by atoms with E-state index in [1.807, 2.05) is 12.1 Å². The van der Waals surface area contributed by atoms with Crippen molar-refractivity contribution in [2.24, 2.45) is 0 Å². The molecule has 4 heteroatoms. The van der Waals surface area contributed by atoms with E-state index >= 15 is 0 Å². The van der Waals surface area contributed by atoms with Gasteiger partial charge in [-0.1, -0.05) is 11.8 Å². The first kappa shape index (κ1) is 9.81. The molecule has 3 nitrogen and oxygen atoms in total. The minimum absolute atomic E-state index is 0.631. The van der Waals surface area contributed by atoms with Gasteiger partial charge in [-0.3, -0.25) is 0 Å². The molecule has 2 aromatic rings. The number of nitriles is 1. The van der Waals surface area contributed by atoms with Gasteiger partial charge in [-0.15, -0.1) is 0 Å². The number of hydrogen-bond acceptors (Lipinski definition) is 4. The van der Waals surface area contributed by atoms with Crippen molar-refractivity contribution in [3.8, 4) is 6.07 Å². The van der Waals surface area contributed by atoms with Crippen LogP contribution in [0.1, 0.15) is 11.3 Å². The summed E-state index contributed by atoms with van der Waals surface area (Å²) in [6, 6.07) is 9.32. The standard InChI is InChI=1S/C11H8N2OS/c12-7-9-3-4-13-11(6-9)15-8-10-2-1-5-14-10/h1-6H,8H2. The zero-order valence-corrected chi connectivity index (χ0v) is 8.70. The van der Waals surface area contributed by atoms with Crippen LogP contribution in [0.5, 0.6) is 0 Å². The first-order valence-corrected chi connectivity index (χ1v) is 5.38. The largest absolute Gasteiger partial charge is 0.468 e. The van der Waals surface area contributed by atoms with E-state index in [0.29, 0.717) is 5.56 Å². The third kappa shape index (κ3) is 2.61. The summed E-state index contributed by atoms with van der Waals surface area (Å²) in [5.41, 5.74) is 0.631. The van der Waals surface area contributed by atoms with Gasteiger partial charge < -0.3 is 4.42 Å². The molecule has 0 spiro atoms. The fourth-order valence-electron chi connectivity index (χ4n) is 1.10. The van der Waals surface area contributed by atoms with Crippen LogP contribution in [0.3, 0.4) is 0 Å². The number of hydrogen-bond donors (Lipinski definition) is 0. The van der Waals surface area contributed by atoms with Crippen molar-refractivity contribution >= 4 is 11.8 Å². The zero-order valence-electron chi connectivity index (χ0n) is 7.88. The van der Waals surface area contributed by atoms with Crippen LogP contribution < -0.4 is 0 Å². The van der Waals surface area contributed by atoms with Crippen LogP contribution in [0.4, 0.5) is 0 Å². The molecule has 0 aliphatic carbocycles. The van der Waals surface area contributed by atoms with Crippen LogP contribution in [-0.4, -0.2) is 4.98 Å². The van der Waals surface area contributed by atoms with Crippen molar-refractivity contribution in [3.63, 3.8) is 0 Å². The number of rotatable bonds is 3. The molecule has 0 atom stereocenters. The second-order valence-corrected chi connectivity index (χ2v) is 3.86. The van der Waals surface area contributed by atoms with E-state index in [0.717, 1.165) is 16.5 Å². The van der Waals surface area contributed by atoms with Crippen molar-refractivity contribution in [1.29, 1.82) is 5.26 Å². The van der Waals surface area contributed by atoms with Gasteiger partial charge in [0.05, 0.1) is 28.7 Å². The van der Waals surface area contributed by atoms with E-state index in [-0.39, 0.29) is 0 Å².